The van der Waals surface area contributed by atoms with E-state index in [9.17, 15) is 13.2 Å². The van der Waals surface area contributed by atoms with E-state index in [0.717, 1.165) is 10.2 Å². The van der Waals surface area contributed by atoms with Crippen LogP contribution in [0.25, 0.3) is 0 Å². The predicted molar refractivity (Wildman–Crippen MR) is 120 cm³/mol. The Morgan fingerprint density at radius 3 is 2.40 bits per heavy atom. The third-order valence-corrected chi connectivity index (χ3v) is 6.20. The van der Waals surface area contributed by atoms with Gasteiger partial charge >= 0.3 is 0 Å². The van der Waals surface area contributed by atoms with Crippen molar-refractivity contribution in [3.05, 3.63) is 88.9 Å². The maximum absolute atomic E-state index is 12.7. The summed E-state index contributed by atoms with van der Waals surface area (Å²) in [6.07, 6.45) is 0. The first kappa shape index (κ1) is 21.9. The fourth-order valence-corrected chi connectivity index (χ4v) is 4.02. The monoisotopic (exact) mass is 488 g/mol. The molecule has 6 nitrogen and oxygen atoms in total. The molecule has 0 saturated carbocycles. The van der Waals surface area contributed by atoms with Crippen LogP contribution in [0.1, 0.15) is 10.4 Å². The zero-order valence-corrected chi connectivity index (χ0v) is 18.7. The van der Waals surface area contributed by atoms with Crippen molar-refractivity contribution < 1.29 is 17.9 Å². The fraction of sp³-hybridized carbons (Fsp3) is 0.136. The van der Waals surface area contributed by atoms with Gasteiger partial charge in [0.1, 0.15) is 12.4 Å². The fourth-order valence-electron chi connectivity index (χ4n) is 2.68. The number of ether oxygens (including phenoxy) is 1. The first-order valence-electron chi connectivity index (χ1n) is 9.17. The number of amides is 1. The van der Waals surface area contributed by atoms with Gasteiger partial charge in [-0.15, -0.1) is 0 Å². The van der Waals surface area contributed by atoms with Gasteiger partial charge in [-0.05, 0) is 54.6 Å². The summed E-state index contributed by atoms with van der Waals surface area (Å²) >= 11 is 3.37. The molecule has 0 saturated heterocycles. The molecule has 8 heteroatoms. The van der Waals surface area contributed by atoms with E-state index in [1.807, 2.05) is 24.3 Å². The van der Waals surface area contributed by atoms with Crippen molar-refractivity contribution in [1.29, 1.82) is 0 Å². The van der Waals surface area contributed by atoms with E-state index in [4.69, 9.17) is 4.74 Å². The van der Waals surface area contributed by atoms with Crippen LogP contribution in [-0.4, -0.2) is 39.4 Å². The minimum atomic E-state index is -3.72. The van der Waals surface area contributed by atoms with Gasteiger partial charge in [0.05, 0.1) is 11.4 Å². The lowest BCUT2D eigenvalue weighted by Gasteiger charge is -2.18. The average molecular weight is 489 g/mol. The maximum Gasteiger partial charge on any atom is 0.261 e. The molecule has 1 N–H and O–H groups in total. The predicted octanol–water partition coefficient (Wildman–Crippen LogP) is 4.40. The van der Waals surface area contributed by atoms with E-state index >= 15 is 0 Å². The normalized spacial score (nSPS) is 11.0. The van der Waals surface area contributed by atoms with Gasteiger partial charge in [0, 0.05) is 22.8 Å². The van der Waals surface area contributed by atoms with Crippen LogP contribution < -0.4 is 9.46 Å². The van der Waals surface area contributed by atoms with Crippen molar-refractivity contribution in [3.63, 3.8) is 0 Å². The topological polar surface area (TPSA) is 75.7 Å². The lowest BCUT2D eigenvalue weighted by atomic mass is 10.2. The van der Waals surface area contributed by atoms with Crippen LogP contribution in [0, 0.1) is 0 Å². The summed E-state index contributed by atoms with van der Waals surface area (Å²) in [4.78, 5) is 14.4. The van der Waals surface area contributed by atoms with Gasteiger partial charge in [-0.2, -0.15) is 0 Å². The zero-order valence-electron chi connectivity index (χ0n) is 16.3. The number of likely N-dealkylation sites (N-methyl/N-ethyl adjacent to an activating group) is 1. The van der Waals surface area contributed by atoms with Crippen molar-refractivity contribution in [2.75, 3.05) is 24.9 Å². The molecule has 0 radical (unpaired) electrons. The minimum Gasteiger partial charge on any atom is -0.492 e. The largest absolute Gasteiger partial charge is 0.492 e. The van der Waals surface area contributed by atoms with Gasteiger partial charge in [0.15, 0.2) is 0 Å². The van der Waals surface area contributed by atoms with Crippen molar-refractivity contribution in [1.82, 2.24) is 4.90 Å². The quantitative estimate of drug-likeness (QED) is 0.509. The molecule has 3 rings (SSSR count). The number of hydrogen-bond donors (Lipinski definition) is 1. The molecule has 0 aliphatic heterocycles. The highest BCUT2D eigenvalue weighted by atomic mass is 79.9. The number of halogens is 1. The third-order valence-electron chi connectivity index (χ3n) is 4.27. The van der Waals surface area contributed by atoms with Gasteiger partial charge in [0.25, 0.3) is 15.9 Å². The standard InChI is InChI=1S/C22H21BrN2O4S/c1-25(14-15-29-20-12-10-18(23)11-13-20)22(26)17-6-5-7-19(16-17)24-30(27,28)21-8-3-2-4-9-21/h2-13,16,24H,14-15H2,1H3. The molecule has 156 valence electrons. The van der Waals surface area contributed by atoms with E-state index in [1.54, 1.807) is 43.4 Å². The van der Waals surface area contributed by atoms with Crippen molar-refractivity contribution in [3.8, 4) is 5.75 Å². The second kappa shape index (κ2) is 9.77. The molecule has 0 fully saturated rings. The molecular formula is C22H21BrN2O4S. The zero-order chi connectivity index (χ0) is 21.6. The van der Waals surface area contributed by atoms with Gasteiger partial charge in [-0.25, -0.2) is 8.42 Å². The molecule has 0 aliphatic rings. The molecular weight excluding hydrogens is 468 g/mol. The molecule has 0 atom stereocenters. The molecule has 30 heavy (non-hydrogen) atoms. The van der Waals surface area contributed by atoms with Crippen molar-refractivity contribution >= 4 is 37.5 Å². The Kier molecular flexibility index (Phi) is 7.12. The summed E-state index contributed by atoms with van der Waals surface area (Å²) in [5.41, 5.74) is 0.707. The van der Waals surface area contributed by atoms with E-state index in [2.05, 4.69) is 20.7 Å². The molecule has 0 heterocycles. The van der Waals surface area contributed by atoms with Gasteiger partial charge < -0.3 is 9.64 Å². The number of sulfonamides is 1. The lowest BCUT2D eigenvalue weighted by Crippen LogP contribution is -2.31. The number of carbonyl (C=O) groups is 1. The number of rotatable bonds is 8. The summed E-state index contributed by atoms with van der Waals surface area (Å²) in [7, 11) is -2.05. The number of benzene rings is 3. The molecule has 0 aromatic heterocycles. The van der Waals surface area contributed by atoms with Crippen LogP contribution >= 0.6 is 15.9 Å². The Morgan fingerprint density at radius 1 is 1.00 bits per heavy atom. The van der Waals surface area contributed by atoms with E-state index in [1.165, 1.54) is 23.1 Å². The molecule has 0 bridgehead atoms. The molecule has 0 spiro atoms. The van der Waals surface area contributed by atoms with Gasteiger partial charge in [0.2, 0.25) is 0 Å². The third kappa shape index (κ3) is 5.84. The average Bonchev–Trinajstić information content (AvgIpc) is 2.75. The van der Waals surface area contributed by atoms with E-state index in [0.29, 0.717) is 24.4 Å². The Hall–Kier alpha value is -2.84. The summed E-state index contributed by atoms with van der Waals surface area (Å²) in [5.74, 6) is 0.492. The number of nitrogens with one attached hydrogen (secondary N) is 1. The highest BCUT2D eigenvalue weighted by molar-refractivity contribution is 9.10. The number of carbonyl (C=O) groups excluding carboxylic acids is 1. The highest BCUT2D eigenvalue weighted by Gasteiger charge is 2.16. The van der Waals surface area contributed by atoms with E-state index < -0.39 is 10.0 Å². The Morgan fingerprint density at radius 2 is 1.70 bits per heavy atom. The molecule has 1 amide bonds. The summed E-state index contributed by atoms with van der Waals surface area (Å²) in [5, 5.41) is 0. The van der Waals surface area contributed by atoms with Crippen LogP contribution in [0.15, 0.2) is 88.2 Å². The molecule has 0 aliphatic carbocycles. The Bertz CT molecular complexity index is 1100. The first-order valence-corrected chi connectivity index (χ1v) is 11.4. The van der Waals surface area contributed by atoms with Crippen molar-refractivity contribution in [2.24, 2.45) is 0 Å². The van der Waals surface area contributed by atoms with Crippen LogP contribution in [0.4, 0.5) is 5.69 Å². The number of hydrogen-bond acceptors (Lipinski definition) is 4. The van der Waals surface area contributed by atoms with Crippen molar-refractivity contribution in [2.45, 2.75) is 4.90 Å². The number of nitrogens with zero attached hydrogens (tertiary/aromatic N) is 1. The lowest BCUT2D eigenvalue weighted by molar-refractivity contribution is 0.0774. The first-order chi connectivity index (χ1) is 14.3. The highest BCUT2D eigenvalue weighted by Crippen LogP contribution is 2.18. The maximum atomic E-state index is 12.7. The Balaban J connectivity index is 1.61. The smallest absolute Gasteiger partial charge is 0.261 e. The number of anilines is 1. The second-order valence-corrected chi connectivity index (χ2v) is 9.13. The summed E-state index contributed by atoms with van der Waals surface area (Å²) in [6.45, 7) is 0.721. The second-order valence-electron chi connectivity index (χ2n) is 6.53. The molecule has 3 aromatic carbocycles. The van der Waals surface area contributed by atoms with Crippen LogP contribution in [0.2, 0.25) is 0 Å². The van der Waals surface area contributed by atoms with Gasteiger partial charge in [-0.3, -0.25) is 9.52 Å². The Labute approximate surface area is 184 Å². The molecule has 0 unspecified atom stereocenters. The van der Waals surface area contributed by atoms with Crippen LogP contribution in [0.5, 0.6) is 5.75 Å². The summed E-state index contributed by atoms with van der Waals surface area (Å²) < 4.78 is 34.1. The van der Waals surface area contributed by atoms with Crippen LogP contribution in [0.3, 0.4) is 0 Å². The van der Waals surface area contributed by atoms with E-state index in [-0.39, 0.29) is 10.8 Å². The van der Waals surface area contributed by atoms with Crippen LogP contribution in [-0.2, 0) is 10.0 Å². The molecule has 3 aromatic rings. The SMILES string of the molecule is CN(CCOc1ccc(Br)cc1)C(=O)c1cccc(NS(=O)(=O)c2ccccc2)c1. The van der Waals surface area contributed by atoms with Gasteiger partial charge in [-0.1, -0.05) is 40.2 Å². The minimum absolute atomic E-state index is 0.156. The summed E-state index contributed by atoms with van der Waals surface area (Å²) in [6, 6.07) is 21.9.